The van der Waals surface area contributed by atoms with Crippen molar-refractivity contribution >= 4 is 101 Å². The molecule has 36 heteroatoms. The summed E-state index contributed by atoms with van der Waals surface area (Å²) < 4.78 is 0. The lowest BCUT2D eigenvalue weighted by Gasteiger charge is -2.28. The molecular weight excluding hydrogens is 1150 g/mol. The molecule has 0 aliphatic carbocycles. The van der Waals surface area contributed by atoms with Gasteiger partial charge in [-0.15, -0.1) is 0 Å². The number of carbonyl (C=O) groups excluding carboxylic acids is 13. The summed E-state index contributed by atoms with van der Waals surface area (Å²) in [7, 11) is 0. The van der Waals surface area contributed by atoms with E-state index in [1.807, 2.05) is 5.32 Å². The molecule has 0 unspecified atom stereocenters. The van der Waals surface area contributed by atoms with Crippen molar-refractivity contribution in [1.29, 1.82) is 0 Å². The van der Waals surface area contributed by atoms with Crippen molar-refractivity contribution in [2.75, 3.05) is 13.1 Å². The topological polar surface area (TPSA) is 622 Å². The Bertz CT molecular complexity index is 2440. The second-order valence-electron chi connectivity index (χ2n) is 20.3. The third-order valence-corrected chi connectivity index (χ3v) is 12.3. The van der Waals surface area contributed by atoms with Crippen LogP contribution in [0.3, 0.4) is 0 Å². The molecule has 0 spiro atoms. The molecule has 10 atom stereocenters. The van der Waals surface area contributed by atoms with Gasteiger partial charge in [-0.1, -0.05) is 13.8 Å². The van der Waals surface area contributed by atoms with Crippen LogP contribution in [0.2, 0.25) is 0 Å². The average molecular weight is 1230 g/mol. The number of nitrogens with two attached hydrogens (primary N) is 5. The molecule has 0 aliphatic heterocycles. The third-order valence-electron chi connectivity index (χ3n) is 12.3. The molecule has 0 fully saturated rings. The Morgan fingerprint density at radius 2 is 0.674 bits per heavy atom. The Morgan fingerprint density at radius 3 is 1.02 bits per heavy atom. The maximum absolute atomic E-state index is 14.2. The SMILES string of the molecule is CC(C)C[C@H](NC(=O)[C@H](CCC(N)=O)NC(=O)[C@H](CCC(N)=O)NC(=O)[C@H](C)NC(=O)[C@H](CCCCN)NC(=O)[C@H](C)N)C(=O)N[C@@H](CCC(N)=O)C(=O)N[C@@H](CCC(=O)O)C(=O)N[C@@H](CCC(=O)O)C(=O)NCC(=O)N[C@@H](CCC(=O)O)C(=O)O. The molecule has 0 radical (unpaired) electrons. The first kappa shape index (κ1) is 76.9. The molecule has 0 saturated heterocycles. The molecule has 0 heterocycles. The Balaban J connectivity index is 6.86. The smallest absolute Gasteiger partial charge is 0.326 e. The molecule has 86 heavy (non-hydrogen) atoms. The quantitative estimate of drug-likeness (QED) is 0.0252. The number of rotatable bonds is 45. The molecule has 13 amide bonds. The summed E-state index contributed by atoms with van der Waals surface area (Å²) in [6.07, 6.45) is -6.79. The van der Waals surface area contributed by atoms with Gasteiger partial charge >= 0.3 is 23.9 Å². The second kappa shape index (κ2) is 40.2. The number of carbonyl (C=O) groups is 17. The highest BCUT2D eigenvalue weighted by molar-refractivity contribution is 5.99. The molecule has 0 rings (SSSR count). The number of primary amides is 3. The van der Waals surface area contributed by atoms with Crippen molar-refractivity contribution in [3.8, 4) is 0 Å². The molecule has 0 aromatic rings. The fourth-order valence-corrected chi connectivity index (χ4v) is 7.61. The second-order valence-corrected chi connectivity index (χ2v) is 20.3. The van der Waals surface area contributed by atoms with Crippen LogP contribution < -0.4 is 81.8 Å². The molecule has 24 N–H and O–H groups in total. The molecular formula is C50H83N15O21. The summed E-state index contributed by atoms with van der Waals surface area (Å²) in [6.45, 7) is 5.14. The normalized spacial score (nSPS) is 14.4. The summed E-state index contributed by atoms with van der Waals surface area (Å²) in [5.41, 5.74) is 27.3. The number of carboxylic acids is 4. The van der Waals surface area contributed by atoms with E-state index in [0.717, 1.165) is 0 Å². The summed E-state index contributed by atoms with van der Waals surface area (Å²) >= 11 is 0. The predicted octanol–water partition coefficient (Wildman–Crippen LogP) is -7.52. The third kappa shape index (κ3) is 33.3. The summed E-state index contributed by atoms with van der Waals surface area (Å²) in [5.74, 6) is -20.2. The molecule has 484 valence electrons. The van der Waals surface area contributed by atoms with Crippen LogP contribution in [0.1, 0.15) is 130 Å². The lowest BCUT2D eigenvalue weighted by atomic mass is 10.0. The minimum atomic E-state index is -1.91. The zero-order valence-corrected chi connectivity index (χ0v) is 48.2. The number of unbranched alkanes of at least 4 members (excludes halogenated alkanes) is 1. The van der Waals surface area contributed by atoms with Crippen LogP contribution in [0.25, 0.3) is 0 Å². The van der Waals surface area contributed by atoms with Crippen molar-refractivity contribution in [3.05, 3.63) is 0 Å². The number of aliphatic carboxylic acids is 4. The van der Waals surface area contributed by atoms with E-state index in [1.54, 1.807) is 13.8 Å². The largest absolute Gasteiger partial charge is 0.481 e. The van der Waals surface area contributed by atoms with E-state index >= 15 is 0 Å². The minimum absolute atomic E-state index is 0.110. The molecule has 0 aromatic carbocycles. The van der Waals surface area contributed by atoms with E-state index in [0.29, 0.717) is 12.8 Å². The first-order valence-electron chi connectivity index (χ1n) is 27.3. The Kier molecular flexibility index (Phi) is 36.0. The fraction of sp³-hybridized carbons (Fsp3) is 0.660. The van der Waals surface area contributed by atoms with Gasteiger partial charge in [-0.05, 0) is 90.5 Å². The van der Waals surface area contributed by atoms with E-state index in [4.69, 9.17) is 33.8 Å². The molecule has 0 saturated carbocycles. The number of amides is 13. The lowest BCUT2D eigenvalue weighted by Crippen LogP contribution is -2.60. The molecule has 0 bridgehead atoms. The zero-order chi connectivity index (χ0) is 66.0. The van der Waals surface area contributed by atoms with Gasteiger partial charge in [0, 0.05) is 38.5 Å². The minimum Gasteiger partial charge on any atom is -0.481 e. The average Bonchev–Trinajstić information content (AvgIpc) is 2.92. The van der Waals surface area contributed by atoms with Crippen LogP contribution in [0.5, 0.6) is 0 Å². The summed E-state index contributed by atoms with van der Waals surface area (Å²) in [6, 6.07) is -15.9. The van der Waals surface area contributed by atoms with Crippen LogP contribution in [0, 0.1) is 5.92 Å². The Hall–Kier alpha value is -9.09. The van der Waals surface area contributed by atoms with Crippen molar-refractivity contribution in [1.82, 2.24) is 53.2 Å². The first-order valence-corrected chi connectivity index (χ1v) is 27.3. The fourth-order valence-electron chi connectivity index (χ4n) is 7.61. The summed E-state index contributed by atoms with van der Waals surface area (Å²) in [4.78, 5) is 217. The maximum atomic E-state index is 14.2. The molecule has 36 nitrogen and oxygen atoms in total. The van der Waals surface area contributed by atoms with Gasteiger partial charge in [-0.2, -0.15) is 0 Å². The first-order chi connectivity index (χ1) is 40.1. The van der Waals surface area contributed by atoms with Gasteiger partial charge in [0.15, 0.2) is 0 Å². The van der Waals surface area contributed by atoms with Gasteiger partial charge in [-0.3, -0.25) is 76.7 Å². The Labute approximate surface area is 493 Å². The van der Waals surface area contributed by atoms with Crippen LogP contribution >= 0.6 is 0 Å². The highest BCUT2D eigenvalue weighted by Crippen LogP contribution is 2.12. The van der Waals surface area contributed by atoms with Gasteiger partial charge in [0.2, 0.25) is 76.8 Å². The number of carboxylic acid groups (broad SMARTS) is 4. The highest BCUT2D eigenvalue weighted by Gasteiger charge is 2.36. The van der Waals surface area contributed by atoms with E-state index in [2.05, 4.69) is 47.9 Å². The number of hydrogen-bond donors (Lipinski definition) is 19. The summed E-state index contributed by atoms with van der Waals surface area (Å²) in [5, 5.41) is 59.9. The van der Waals surface area contributed by atoms with Crippen molar-refractivity contribution in [2.45, 2.75) is 191 Å². The number of hydrogen-bond acceptors (Lipinski definition) is 19. The molecule has 0 aromatic heterocycles. The predicted molar refractivity (Wildman–Crippen MR) is 296 cm³/mol. The van der Waals surface area contributed by atoms with E-state index < -0.39 is 251 Å². The van der Waals surface area contributed by atoms with Crippen molar-refractivity contribution < 1.29 is 102 Å². The number of nitrogens with one attached hydrogen (secondary N) is 10. The lowest BCUT2D eigenvalue weighted by molar-refractivity contribution is -0.143. The van der Waals surface area contributed by atoms with E-state index in [-0.39, 0.29) is 19.4 Å². The van der Waals surface area contributed by atoms with Crippen LogP contribution in [-0.2, 0) is 81.5 Å². The van der Waals surface area contributed by atoms with E-state index in [1.165, 1.54) is 13.8 Å². The zero-order valence-electron chi connectivity index (χ0n) is 48.2. The Morgan fingerprint density at radius 1 is 0.360 bits per heavy atom. The maximum Gasteiger partial charge on any atom is 0.326 e. The van der Waals surface area contributed by atoms with Gasteiger partial charge in [-0.25, -0.2) is 4.79 Å². The van der Waals surface area contributed by atoms with Gasteiger partial charge in [0.1, 0.15) is 54.4 Å². The monoisotopic (exact) mass is 1230 g/mol. The van der Waals surface area contributed by atoms with Crippen molar-refractivity contribution in [3.63, 3.8) is 0 Å². The van der Waals surface area contributed by atoms with Gasteiger partial charge in [0.05, 0.1) is 12.6 Å². The van der Waals surface area contributed by atoms with Gasteiger partial charge < -0.3 is 102 Å². The van der Waals surface area contributed by atoms with Crippen molar-refractivity contribution in [2.24, 2.45) is 34.6 Å². The van der Waals surface area contributed by atoms with E-state index in [9.17, 15) is 96.8 Å². The standard InChI is InChI=1S/C50H83N15O21/c1-23(2)21-33(65-48(83)30(10-16-36(55)68)62-45(80)28(8-14-34(53)66)60-42(77)25(4)57-44(79)26(7-5-6-20-51)59-41(76)24(3)52)49(84)64-29(9-15-35(54)67)46(81)63-31(12-18-39(72)73)47(82)61-27(11-17-38(70)71)43(78)56-22-37(69)58-32(50(85)86)13-19-40(74)75/h23-33H,5-22,51-52H2,1-4H3,(H2,53,66)(H2,54,67)(H2,55,68)(H,56,78)(H,57,79)(H,58,69)(H,59,76)(H,60,77)(H,61,82)(H,62,80)(H,63,81)(H,64,84)(H,65,83)(H,70,71)(H,72,73)(H,74,75)(H,85,86)/t24-,25-,26-,27-,28-,29-,30-,31-,32-,33-/m0/s1. The van der Waals surface area contributed by atoms with Crippen LogP contribution in [-0.4, -0.2) is 195 Å². The van der Waals surface area contributed by atoms with Crippen LogP contribution in [0.4, 0.5) is 0 Å². The van der Waals surface area contributed by atoms with Crippen LogP contribution in [0.15, 0.2) is 0 Å². The highest BCUT2D eigenvalue weighted by atomic mass is 16.4. The molecule has 0 aliphatic rings. The van der Waals surface area contributed by atoms with Gasteiger partial charge in [0.25, 0.3) is 0 Å².